The molecule has 10 heteroatoms. The Morgan fingerprint density at radius 1 is 0.857 bits per heavy atom. The van der Waals surface area contributed by atoms with E-state index >= 15 is 0 Å². The van der Waals surface area contributed by atoms with Crippen molar-refractivity contribution in [1.29, 1.82) is 0 Å². The SMILES string of the molecule is CCC/C=C\CCCCCCCC(=O)OC(COC(=O)CCC)COP(=O)(O)OCC[N+](C)(C)C. The van der Waals surface area contributed by atoms with Gasteiger partial charge in [-0.05, 0) is 32.1 Å². The molecule has 0 aromatic heterocycles. The van der Waals surface area contributed by atoms with Crippen LogP contribution in [-0.2, 0) is 32.7 Å². The molecule has 0 aromatic carbocycles. The summed E-state index contributed by atoms with van der Waals surface area (Å²) in [5.74, 6) is -0.879. The van der Waals surface area contributed by atoms with Crippen LogP contribution in [0.25, 0.3) is 0 Å². The number of ether oxygens (including phenoxy) is 2. The van der Waals surface area contributed by atoms with Crippen LogP contribution in [0.3, 0.4) is 0 Å². The lowest BCUT2D eigenvalue weighted by atomic mass is 10.1. The predicted octanol–water partition coefficient (Wildman–Crippen LogP) is 5.17. The van der Waals surface area contributed by atoms with Gasteiger partial charge in [-0.1, -0.05) is 51.7 Å². The van der Waals surface area contributed by atoms with Crippen molar-refractivity contribution in [2.45, 2.75) is 90.6 Å². The summed E-state index contributed by atoms with van der Waals surface area (Å²) in [5, 5.41) is 0. The molecule has 0 rings (SSSR count). The molecule has 0 saturated heterocycles. The van der Waals surface area contributed by atoms with E-state index in [9.17, 15) is 19.0 Å². The molecule has 0 spiro atoms. The normalized spacial score (nSPS) is 14.6. The molecule has 1 N–H and O–H groups in total. The third kappa shape index (κ3) is 22.9. The van der Waals surface area contributed by atoms with Crippen molar-refractivity contribution < 1.29 is 42.1 Å². The Morgan fingerprint density at radius 3 is 2.17 bits per heavy atom. The lowest BCUT2D eigenvalue weighted by Crippen LogP contribution is -2.37. The molecule has 2 atom stereocenters. The maximum atomic E-state index is 12.3. The number of carbonyl (C=O) groups excluding carboxylic acids is 2. The first kappa shape index (κ1) is 33.8. The number of esters is 2. The number of likely N-dealkylation sites (N-methyl/N-ethyl adjacent to an activating group) is 1. The number of nitrogens with zero attached hydrogens (tertiary/aromatic N) is 1. The van der Waals surface area contributed by atoms with Crippen molar-refractivity contribution in [2.24, 2.45) is 0 Å². The van der Waals surface area contributed by atoms with Crippen LogP contribution in [0.5, 0.6) is 0 Å². The summed E-state index contributed by atoms with van der Waals surface area (Å²) in [4.78, 5) is 33.9. The number of phosphoric acid groups is 1. The summed E-state index contributed by atoms with van der Waals surface area (Å²) in [6.45, 7) is 3.90. The number of allylic oxidation sites excluding steroid dienone is 2. The van der Waals surface area contributed by atoms with Crippen LogP contribution in [0.4, 0.5) is 0 Å². The van der Waals surface area contributed by atoms with Gasteiger partial charge >= 0.3 is 19.8 Å². The van der Waals surface area contributed by atoms with Crippen molar-refractivity contribution in [3.05, 3.63) is 12.2 Å². The fourth-order valence-corrected chi connectivity index (χ4v) is 3.67. The van der Waals surface area contributed by atoms with E-state index in [0.29, 0.717) is 23.9 Å². The van der Waals surface area contributed by atoms with Crippen LogP contribution in [0.15, 0.2) is 12.2 Å². The number of phosphoric ester groups is 1. The van der Waals surface area contributed by atoms with E-state index < -0.39 is 32.5 Å². The number of carbonyl (C=O) groups is 2. The van der Waals surface area contributed by atoms with E-state index in [0.717, 1.165) is 38.5 Å². The van der Waals surface area contributed by atoms with E-state index in [-0.39, 0.29) is 26.1 Å². The molecule has 9 nitrogen and oxygen atoms in total. The lowest BCUT2D eigenvalue weighted by molar-refractivity contribution is -0.870. The second kappa shape index (κ2) is 19.9. The Hall–Kier alpha value is -1.25. The molecular weight excluding hydrogens is 473 g/mol. The zero-order valence-electron chi connectivity index (χ0n) is 22.5. The van der Waals surface area contributed by atoms with Crippen LogP contribution in [-0.4, -0.2) is 74.9 Å². The molecule has 0 aliphatic heterocycles. The Labute approximate surface area is 212 Å². The first-order chi connectivity index (χ1) is 16.5. The Balaban J connectivity index is 4.43. The van der Waals surface area contributed by atoms with Gasteiger partial charge in [-0.2, -0.15) is 0 Å². The number of quaternary nitrogens is 1. The van der Waals surface area contributed by atoms with Gasteiger partial charge in [0.05, 0.1) is 27.7 Å². The molecule has 0 fully saturated rings. The standard InChI is InChI=1S/C25H48NO8P/c1-6-8-9-10-11-12-13-14-15-16-18-25(28)34-23(21-31-24(27)17-7-2)22-33-35(29,30)32-20-19-26(3,4)5/h9-10,23H,6-8,11-22H2,1-5H3/p+1/b10-9-. The predicted molar refractivity (Wildman–Crippen MR) is 137 cm³/mol. The lowest BCUT2D eigenvalue weighted by Gasteiger charge is -2.24. The Kier molecular flexibility index (Phi) is 19.2. The monoisotopic (exact) mass is 522 g/mol. The van der Waals surface area contributed by atoms with Gasteiger partial charge in [0.2, 0.25) is 0 Å². The van der Waals surface area contributed by atoms with Gasteiger partial charge in [-0.3, -0.25) is 18.6 Å². The molecule has 0 aromatic rings. The maximum Gasteiger partial charge on any atom is 0.472 e. The van der Waals surface area contributed by atoms with Gasteiger partial charge in [0.1, 0.15) is 19.8 Å². The van der Waals surface area contributed by atoms with Crippen LogP contribution in [0.2, 0.25) is 0 Å². The van der Waals surface area contributed by atoms with Crippen LogP contribution in [0.1, 0.15) is 84.5 Å². The van der Waals surface area contributed by atoms with Crippen LogP contribution in [0, 0.1) is 0 Å². The first-order valence-corrected chi connectivity index (χ1v) is 14.4. The average molecular weight is 523 g/mol. The summed E-state index contributed by atoms with van der Waals surface area (Å²) in [6.07, 6.45) is 12.9. The van der Waals surface area contributed by atoms with Crippen LogP contribution < -0.4 is 0 Å². The highest BCUT2D eigenvalue weighted by Gasteiger charge is 2.26. The summed E-state index contributed by atoms with van der Waals surface area (Å²) in [6, 6.07) is 0. The Bertz CT molecular complexity index is 648. The topological polar surface area (TPSA) is 108 Å². The highest BCUT2D eigenvalue weighted by atomic mass is 31.2. The van der Waals surface area contributed by atoms with Crippen molar-refractivity contribution in [1.82, 2.24) is 0 Å². The summed E-state index contributed by atoms with van der Waals surface area (Å²) in [5.41, 5.74) is 0. The molecule has 0 bridgehead atoms. The zero-order valence-corrected chi connectivity index (χ0v) is 23.4. The van der Waals surface area contributed by atoms with E-state index in [1.54, 1.807) is 0 Å². The highest BCUT2D eigenvalue weighted by molar-refractivity contribution is 7.47. The maximum absolute atomic E-state index is 12.3. The van der Waals surface area contributed by atoms with Crippen molar-refractivity contribution in [3.63, 3.8) is 0 Å². The molecule has 0 aliphatic carbocycles. The van der Waals surface area contributed by atoms with Crippen molar-refractivity contribution in [3.8, 4) is 0 Å². The zero-order chi connectivity index (χ0) is 26.6. The number of hydrogen-bond acceptors (Lipinski definition) is 7. The summed E-state index contributed by atoms with van der Waals surface area (Å²) >= 11 is 0. The molecular formula is C25H49NO8P+. The number of hydrogen-bond donors (Lipinski definition) is 1. The third-order valence-corrected chi connectivity index (χ3v) is 5.98. The third-order valence-electron chi connectivity index (χ3n) is 5.00. The van der Waals surface area contributed by atoms with Crippen molar-refractivity contribution >= 4 is 19.8 Å². The molecule has 0 aliphatic rings. The van der Waals surface area contributed by atoms with Crippen molar-refractivity contribution in [2.75, 3.05) is 47.5 Å². The summed E-state index contributed by atoms with van der Waals surface area (Å²) in [7, 11) is 1.46. The molecule has 0 saturated carbocycles. The van der Waals surface area contributed by atoms with Gasteiger partial charge in [0.15, 0.2) is 6.10 Å². The summed E-state index contributed by atoms with van der Waals surface area (Å²) < 4.78 is 33.2. The number of rotatable bonds is 22. The van der Waals surface area contributed by atoms with Crippen LogP contribution >= 0.6 is 7.82 Å². The largest absolute Gasteiger partial charge is 0.472 e. The van der Waals surface area contributed by atoms with E-state index in [1.165, 1.54) is 6.42 Å². The molecule has 35 heavy (non-hydrogen) atoms. The average Bonchev–Trinajstić information content (AvgIpc) is 2.76. The van der Waals surface area contributed by atoms with E-state index in [2.05, 4.69) is 19.1 Å². The van der Waals surface area contributed by atoms with Gasteiger partial charge in [-0.15, -0.1) is 0 Å². The first-order valence-electron chi connectivity index (χ1n) is 12.9. The number of unbranched alkanes of at least 4 members (excludes halogenated alkanes) is 6. The minimum Gasteiger partial charge on any atom is -0.462 e. The molecule has 0 amide bonds. The van der Waals surface area contributed by atoms with E-state index in [1.807, 2.05) is 28.1 Å². The molecule has 0 radical (unpaired) electrons. The van der Waals surface area contributed by atoms with Gasteiger partial charge in [-0.25, -0.2) is 4.57 Å². The Morgan fingerprint density at radius 2 is 1.51 bits per heavy atom. The minimum atomic E-state index is -4.33. The van der Waals surface area contributed by atoms with E-state index in [4.69, 9.17) is 18.5 Å². The molecule has 2 unspecified atom stereocenters. The molecule has 0 heterocycles. The molecule has 206 valence electrons. The van der Waals surface area contributed by atoms with Gasteiger partial charge in [0, 0.05) is 12.8 Å². The second-order valence-electron chi connectivity index (χ2n) is 9.72. The quantitative estimate of drug-likeness (QED) is 0.0682. The highest BCUT2D eigenvalue weighted by Crippen LogP contribution is 2.43. The fraction of sp³-hybridized carbons (Fsp3) is 0.840. The van der Waals surface area contributed by atoms with Gasteiger partial charge in [0.25, 0.3) is 0 Å². The minimum absolute atomic E-state index is 0.0300. The van der Waals surface area contributed by atoms with Gasteiger partial charge < -0.3 is 18.9 Å². The second-order valence-corrected chi connectivity index (χ2v) is 11.2. The fourth-order valence-electron chi connectivity index (χ4n) is 2.93. The smallest absolute Gasteiger partial charge is 0.462 e.